The molecule has 1 atom stereocenters. The average molecular weight is 407 g/mol. The van der Waals surface area contributed by atoms with Crippen molar-refractivity contribution in [1.29, 1.82) is 0 Å². The minimum absolute atomic E-state index is 0.206. The first-order valence-electron chi connectivity index (χ1n) is 9.18. The molecule has 5 nitrogen and oxygen atoms in total. The van der Waals surface area contributed by atoms with E-state index in [2.05, 4.69) is 4.72 Å². The second kappa shape index (κ2) is 7.73. The Morgan fingerprint density at radius 3 is 2.28 bits per heavy atom. The molecule has 1 heterocycles. The van der Waals surface area contributed by atoms with Gasteiger partial charge in [0.2, 0.25) is 10.0 Å². The SMILES string of the molecule is COc1ccc([C@@H](NS(=O)(=O)c2ccc(C)cc2)c2cc3ccccc3o2)cc1. The Bertz CT molecular complexity index is 1190. The van der Waals surface area contributed by atoms with Crippen molar-refractivity contribution in [2.75, 3.05) is 7.11 Å². The fourth-order valence-corrected chi connectivity index (χ4v) is 4.37. The number of furan rings is 1. The van der Waals surface area contributed by atoms with Gasteiger partial charge >= 0.3 is 0 Å². The minimum atomic E-state index is -3.77. The topological polar surface area (TPSA) is 68.5 Å². The van der Waals surface area contributed by atoms with Crippen LogP contribution in [0.25, 0.3) is 11.0 Å². The molecule has 0 saturated carbocycles. The third-order valence-corrected chi connectivity index (χ3v) is 6.22. The van der Waals surface area contributed by atoms with Gasteiger partial charge in [-0.15, -0.1) is 0 Å². The van der Waals surface area contributed by atoms with E-state index < -0.39 is 16.1 Å². The van der Waals surface area contributed by atoms with Crippen LogP contribution in [0.3, 0.4) is 0 Å². The molecule has 148 valence electrons. The summed E-state index contributed by atoms with van der Waals surface area (Å²) >= 11 is 0. The lowest BCUT2D eigenvalue weighted by molar-refractivity contribution is 0.414. The first-order chi connectivity index (χ1) is 14.0. The number of hydrogen-bond acceptors (Lipinski definition) is 4. The molecule has 4 aromatic rings. The van der Waals surface area contributed by atoms with Gasteiger partial charge < -0.3 is 9.15 Å². The molecule has 0 bridgehead atoms. The molecule has 0 fully saturated rings. The van der Waals surface area contributed by atoms with E-state index in [1.807, 2.05) is 49.4 Å². The Balaban J connectivity index is 1.77. The summed E-state index contributed by atoms with van der Waals surface area (Å²) in [5.41, 5.74) is 2.45. The fraction of sp³-hybridized carbons (Fsp3) is 0.130. The first kappa shape index (κ1) is 19.2. The van der Waals surface area contributed by atoms with Crippen molar-refractivity contribution in [2.24, 2.45) is 0 Å². The van der Waals surface area contributed by atoms with Crippen LogP contribution >= 0.6 is 0 Å². The summed E-state index contributed by atoms with van der Waals surface area (Å²) in [4.78, 5) is 0.206. The van der Waals surface area contributed by atoms with E-state index in [0.717, 1.165) is 16.5 Å². The maximum atomic E-state index is 13.1. The van der Waals surface area contributed by atoms with Gasteiger partial charge in [-0.2, -0.15) is 4.72 Å². The molecule has 0 spiro atoms. The van der Waals surface area contributed by atoms with E-state index in [9.17, 15) is 8.42 Å². The molecule has 1 N–H and O–H groups in total. The average Bonchev–Trinajstić information content (AvgIpc) is 3.16. The molecule has 0 radical (unpaired) electrons. The van der Waals surface area contributed by atoms with E-state index in [-0.39, 0.29) is 4.90 Å². The zero-order valence-corrected chi connectivity index (χ0v) is 16.9. The number of hydrogen-bond donors (Lipinski definition) is 1. The third kappa shape index (κ3) is 4.04. The van der Waals surface area contributed by atoms with Crippen LogP contribution in [0.5, 0.6) is 5.75 Å². The van der Waals surface area contributed by atoms with Gasteiger partial charge in [0.15, 0.2) is 0 Å². The number of aryl methyl sites for hydroxylation is 1. The van der Waals surface area contributed by atoms with Crippen LogP contribution in [0.15, 0.2) is 88.2 Å². The molecule has 0 aliphatic rings. The van der Waals surface area contributed by atoms with Crippen molar-refractivity contribution in [3.05, 3.63) is 95.7 Å². The van der Waals surface area contributed by atoms with Gasteiger partial charge in [0, 0.05) is 5.39 Å². The Morgan fingerprint density at radius 2 is 1.62 bits per heavy atom. The predicted molar refractivity (Wildman–Crippen MR) is 113 cm³/mol. The molecule has 0 saturated heterocycles. The highest BCUT2D eigenvalue weighted by atomic mass is 32.2. The smallest absolute Gasteiger partial charge is 0.241 e. The zero-order valence-electron chi connectivity index (χ0n) is 16.1. The molecule has 0 aliphatic carbocycles. The van der Waals surface area contributed by atoms with Crippen LogP contribution in [0.2, 0.25) is 0 Å². The lowest BCUT2D eigenvalue weighted by Gasteiger charge is -2.18. The Hall–Kier alpha value is -3.09. The molecule has 1 aromatic heterocycles. The van der Waals surface area contributed by atoms with Crippen molar-refractivity contribution >= 4 is 21.0 Å². The summed E-state index contributed by atoms with van der Waals surface area (Å²) < 4.78 is 40.1. The van der Waals surface area contributed by atoms with Crippen LogP contribution in [0.1, 0.15) is 22.9 Å². The quantitative estimate of drug-likeness (QED) is 0.498. The highest BCUT2D eigenvalue weighted by Gasteiger charge is 2.26. The summed E-state index contributed by atoms with van der Waals surface area (Å²) in [6.45, 7) is 1.92. The van der Waals surface area contributed by atoms with Crippen LogP contribution in [0, 0.1) is 6.92 Å². The number of fused-ring (bicyclic) bond motifs is 1. The van der Waals surface area contributed by atoms with Crippen molar-refractivity contribution < 1.29 is 17.6 Å². The zero-order chi connectivity index (χ0) is 20.4. The van der Waals surface area contributed by atoms with Crippen LogP contribution < -0.4 is 9.46 Å². The monoisotopic (exact) mass is 407 g/mol. The Labute approximate surface area is 170 Å². The number of para-hydroxylation sites is 1. The van der Waals surface area contributed by atoms with Gasteiger partial charge in [-0.25, -0.2) is 8.42 Å². The molecule has 29 heavy (non-hydrogen) atoms. The van der Waals surface area contributed by atoms with Crippen LogP contribution in [0.4, 0.5) is 0 Å². The molecule has 0 amide bonds. The molecule has 3 aromatic carbocycles. The highest BCUT2D eigenvalue weighted by molar-refractivity contribution is 7.89. The van der Waals surface area contributed by atoms with E-state index in [4.69, 9.17) is 9.15 Å². The molecule has 0 unspecified atom stereocenters. The number of nitrogens with one attached hydrogen (secondary N) is 1. The van der Waals surface area contributed by atoms with Crippen LogP contribution in [-0.2, 0) is 10.0 Å². The van der Waals surface area contributed by atoms with Crippen molar-refractivity contribution in [2.45, 2.75) is 17.9 Å². The lowest BCUT2D eigenvalue weighted by atomic mass is 10.1. The molecular formula is C23H21NO4S. The number of rotatable bonds is 6. The maximum absolute atomic E-state index is 13.1. The number of ether oxygens (including phenoxy) is 1. The Kier molecular flexibility index (Phi) is 5.13. The van der Waals surface area contributed by atoms with E-state index in [0.29, 0.717) is 17.1 Å². The highest BCUT2D eigenvalue weighted by Crippen LogP contribution is 2.30. The molecule has 0 aliphatic heterocycles. The largest absolute Gasteiger partial charge is 0.497 e. The lowest BCUT2D eigenvalue weighted by Crippen LogP contribution is -2.29. The molecule has 6 heteroatoms. The normalized spacial score (nSPS) is 12.8. The number of benzene rings is 3. The van der Waals surface area contributed by atoms with Crippen molar-refractivity contribution in [1.82, 2.24) is 4.72 Å². The summed E-state index contributed by atoms with van der Waals surface area (Å²) in [5.74, 6) is 1.21. The summed E-state index contributed by atoms with van der Waals surface area (Å²) in [6.07, 6.45) is 0. The van der Waals surface area contributed by atoms with E-state index >= 15 is 0 Å². The molecular weight excluding hydrogens is 386 g/mol. The number of sulfonamides is 1. The number of methoxy groups -OCH3 is 1. The van der Waals surface area contributed by atoms with Gasteiger partial charge in [-0.05, 0) is 48.9 Å². The maximum Gasteiger partial charge on any atom is 0.241 e. The first-order valence-corrected chi connectivity index (χ1v) is 10.7. The van der Waals surface area contributed by atoms with Gasteiger partial charge in [-0.1, -0.05) is 48.0 Å². The van der Waals surface area contributed by atoms with E-state index in [1.54, 1.807) is 43.5 Å². The predicted octanol–water partition coefficient (Wildman–Crippen LogP) is 4.82. The summed E-state index contributed by atoms with van der Waals surface area (Å²) in [6, 6.07) is 22.8. The summed E-state index contributed by atoms with van der Waals surface area (Å²) in [7, 11) is -2.18. The standard InChI is InChI=1S/C23H21NO4S/c1-16-7-13-20(14-8-16)29(25,26)24-23(17-9-11-19(27-2)12-10-17)22-15-18-5-3-4-6-21(18)28-22/h3-15,23-24H,1-2H3/t23-/m1/s1. The third-order valence-electron chi connectivity index (χ3n) is 4.78. The van der Waals surface area contributed by atoms with Gasteiger partial charge in [0.1, 0.15) is 23.1 Å². The Morgan fingerprint density at radius 1 is 0.931 bits per heavy atom. The minimum Gasteiger partial charge on any atom is -0.497 e. The van der Waals surface area contributed by atoms with Crippen molar-refractivity contribution in [3.8, 4) is 5.75 Å². The van der Waals surface area contributed by atoms with Crippen LogP contribution in [-0.4, -0.2) is 15.5 Å². The second-order valence-electron chi connectivity index (χ2n) is 6.83. The van der Waals surface area contributed by atoms with Gasteiger partial charge in [-0.3, -0.25) is 0 Å². The molecule has 4 rings (SSSR count). The fourth-order valence-electron chi connectivity index (χ4n) is 3.17. The van der Waals surface area contributed by atoms with Gasteiger partial charge in [0.25, 0.3) is 0 Å². The summed E-state index contributed by atoms with van der Waals surface area (Å²) in [5, 5.41) is 0.913. The van der Waals surface area contributed by atoms with Gasteiger partial charge in [0.05, 0.1) is 12.0 Å². The second-order valence-corrected chi connectivity index (χ2v) is 8.54. The van der Waals surface area contributed by atoms with E-state index in [1.165, 1.54) is 0 Å². The van der Waals surface area contributed by atoms with Crippen molar-refractivity contribution in [3.63, 3.8) is 0 Å².